The molecule has 0 fully saturated rings. The quantitative estimate of drug-likeness (QED) is 0.486. The van der Waals surface area contributed by atoms with Crippen LogP contribution >= 0.6 is 0 Å². The van der Waals surface area contributed by atoms with E-state index in [1.165, 1.54) is 38.8 Å². The number of imidazole rings is 1. The number of esters is 2. The molecule has 2 atom stereocenters. The van der Waals surface area contributed by atoms with Crippen LogP contribution in [0, 0.1) is 0 Å². The number of aromatic nitrogens is 4. The first-order chi connectivity index (χ1) is 12.7. The van der Waals surface area contributed by atoms with E-state index in [-0.39, 0.29) is 23.7 Å². The van der Waals surface area contributed by atoms with Crippen LogP contribution in [0.3, 0.4) is 0 Å². The standard InChI is InChI=1S/C15H19N5O7/c1-7(21)17-15-18-12-11(13(24)19-15)16-6-20(12)10(5-26-8(2)22)14(25-4)27-9(3)23/h6,10,14H,5H2,1-4H3,(H2,17,18,19,21,24). The van der Waals surface area contributed by atoms with Crippen LogP contribution in [0.15, 0.2) is 11.1 Å². The highest BCUT2D eigenvalue weighted by Crippen LogP contribution is 2.21. The van der Waals surface area contributed by atoms with Gasteiger partial charge in [-0.25, -0.2) is 4.98 Å². The maximum Gasteiger partial charge on any atom is 0.305 e. The minimum absolute atomic E-state index is 0.0189. The van der Waals surface area contributed by atoms with Crippen LogP contribution in [0.1, 0.15) is 26.8 Å². The Labute approximate surface area is 152 Å². The van der Waals surface area contributed by atoms with Crippen molar-refractivity contribution in [1.29, 1.82) is 0 Å². The Morgan fingerprint density at radius 1 is 1.26 bits per heavy atom. The fourth-order valence-electron chi connectivity index (χ4n) is 2.33. The van der Waals surface area contributed by atoms with E-state index in [4.69, 9.17) is 14.2 Å². The van der Waals surface area contributed by atoms with Gasteiger partial charge in [0.2, 0.25) is 18.1 Å². The number of carbonyl (C=O) groups excluding carboxylic acids is 3. The van der Waals surface area contributed by atoms with E-state index in [9.17, 15) is 19.2 Å². The number of nitrogens with one attached hydrogen (secondary N) is 2. The summed E-state index contributed by atoms with van der Waals surface area (Å²) in [6, 6.07) is -0.882. The molecule has 0 aliphatic rings. The normalized spacial score (nSPS) is 13.0. The predicted molar refractivity (Wildman–Crippen MR) is 90.7 cm³/mol. The topological polar surface area (TPSA) is 154 Å². The van der Waals surface area contributed by atoms with E-state index in [1.807, 2.05) is 0 Å². The summed E-state index contributed by atoms with van der Waals surface area (Å²) in [6.45, 7) is 3.43. The molecule has 2 aromatic heterocycles. The van der Waals surface area contributed by atoms with E-state index < -0.39 is 35.7 Å². The lowest BCUT2D eigenvalue weighted by atomic mass is 10.3. The number of hydrogen-bond acceptors (Lipinski definition) is 9. The van der Waals surface area contributed by atoms with Crippen molar-refractivity contribution < 1.29 is 28.6 Å². The summed E-state index contributed by atoms with van der Waals surface area (Å²) in [7, 11) is 1.30. The van der Waals surface area contributed by atoms with Gasteiger partial charge in [-0.2, -0.15) is 4.98 Å². The van der Waals surface area contributed by atoms with Crippen molar-refractivity contribution in [3.05, 3.63) is 16.7 Å². The first-order valence-electron chi connectivity index (χ1n) is 7.80. The number of hydrogen-bond donors (Lipinski definition) is 2. The van der Waals surface area contributed by atoms with Crippen LogP contribution < -0.4 is 10.9 Å². The molecule has 2 heterocycles. The van der Waals surface area contributed by atoms with Gasteiger partial charge in [-0.3, -0.25) is 29.5 Å². The van der Waals surface area contributed by atoms with Crippen LogP contribution in [0.4, 0.5) is 5.95 Å². The third-order valence-corrected chi connectivity index (χ3v) is 3.37. The highest BCUT2D eigenvalue weighted by molar-refractivity contribution is 5.87. The molecule has 12 nitrogen and oxygen atoms in total. The summed E-state index contributed by atoms with van der Waals surface area (Å²) in [5, 5.41) is 2.37. The second kappa shape index (κ2) is 8.40. The number of carbonyl (C=O) groups is 3. The number of ether oxygens (including phenoxy) is 3. The molecule has 0 aromatic carbocycles. The van der Waals surface area contributed by atoms with Crippen molar-refractivity contribution in [2.75, 3.05) is 19.0 Å². The maximum absolute atomic E-state index is 12.2. The molecule has 0 saturated carbocycles. The summed E-state index contributed by atoms with van der Waals surface area (Å²) in [5.74, 6) is -1.71. The van der Waals surface area contributed by atoms with Crippen LogP contribution in [-0.4, -0.2) is 57.4 Å². The Morgan fingerprint density at radius 2 is 1.96 bits per heavy atom. The van der Waals surface area contributed by atoms with Gasteiger partial charge in [0.05, 0.1) is 6.33 Å². The van der Waals surface area contributed by atoms with Crippen molar-refractivity contribution in [3.63, 3.8) is 0 Å². The lowest BCUT2D eigenvalue weighted by Crippen LogP contribution is -2.34. The van der Waals surface area contributed by atoms with Gasteiger partial charge in [-0.15, -0.1) is 0 Å². The fraction of sp³-hybridized carbons (Fsp3) is 0.467. The first kappa shape index (κ1) is 20.0. The second-order valence-corrected chi connectivity index (χ2v) is 5.50. The zero-order valence-electron chi connectivity index (χ0n) is 15.1. The SMILES string of the molecule is COC(OC(C)=O)C(COC(C)=O)n1cnc2c(=O)[nH]c(NC(C)=O)nc21. The molecule has 2 aromatic rings. The van der Waals surface area contributed by atoms with Gasteiger partial charge in [-0.1, -0.05) is 0 Å². The molecule has 0 aliphatic heterocycles. The summed E-state index contributed by atoms with van der Waals surface area (Å²) in [6.07, 6.45) is 0.123. The number of nitrogens with zero attached hydrogens (tertiary/aromatic N) is 3. The summed E-state index contributed by atoms with van der Waals surface area (Å²) >= 11 is 0. The highest BCUT2D eigenvalue weighted by atomic mass is 16.7. The molecule has 0 bridgehead atoms. The van der Waals surface area contributed by atoms with Crippen molar-refractivity contribution in [1.82, 2.24) is 19.5 Å². The molecule has 0 aliphatic carbocycles. The zero-order chi connectivity index (χ0) is 20.1. The molecular weight excluding hydrogens is 362 g/mol. The number of H-pyrrole nitrogens is 1. The largest absolute Gasteiger partial charge is 0.463 e. The number of methoxy groups -OCH3 is 1. The van der Waals surface area contributed by atoms with Crippen molar-refractivity contribution >= 4 is 35.0 Å². The van der Waals surface area contributed by atoms with E-state index in [0.717, 1.165) is 0 Å². The number of amides is 1. The van der Waals surface area contributed by atoms with Crippen molar-refractivity contribution in [2.45, 2.75) is 33.1 Å². The third kappa shape index (κ3) is 4.88. The van der Waals surface area contributed by atoms with Gasteiger partial charge in [0.25, 0.3) is 5.56 Å². The van der Waals surface area contributed by atoms with Gasteiger partial charge in [0, 0.05) is 27.9 Å². The average molecular weight is 381 g/mol. The van der Waals surface area contributed by atoms with Crippen molar-refractivity contribution in [2.24, 2.45) is 0 Å². The summed E-state index contributed by atoms with van der Waals surface area (Å²) in [5.41, 5.74) is -0.529. The van der Waals surface area contributed by atoms with Crippen LogP contribution in [0.25, 0.3) is 11.2 Å². The predicted octanol–water partition coefficient (Wildman–Crippen LogP) is -0.282. The summed E-state index contributed by atoms with van der Waals surface area (Å²) in [4.78, 5) is 56.5. The van der Waals surface area contributed by atoms with E-state index in [1.54, 1.807) is 0 Å². The maximum atomic E-state index is 12.2. The molecule has 0 saturated heterocycles. The van der Waals surface area contributed by atoms with Crippen LogP contribution in [0.5, 0.6) is 0 Å². The molecule has 146 valence electrons. The minimum Gasteiger partial charge on any atom is -0.463 e. The molecule has 2 N–H and O–H groups in total. The fourth-order valence-corrected chi connectivity index (χ4v) is 2.33. The molecule has 2 unspecified atom stereocenters. The molecule has 2 rings (SSSR count). The van der Waals surface area contributed by atoms with Gasteiger partial charge in [0.1, 0.15) is 12.6 Å². The smallest absolute Gasteiger partial charge is 0.305 e. The number of anilines is 1. The third-order valence-electron chi connectivity index (χ3n) is 3.37. The Hall–Kier alpha value is -3.28. The highest BCUT2D eigenvalue weighted by Gasteiger charge is 2.29. The van der Waals surface area contributed by atoms with Gasteiger partial charge >= 0.3 is 11.9 Å². The average Bonchev–Trinajstić information content (AvgIpc) is 2.97. The first-order valence-corrected chi connectivity index (χ1v) is 7.80. The lowest BCUT2D eigenvalue weighted by Gasteiger charge is -2.26. The monoisotopic (exact) mass is 381 g/mol. The van der Waals surface area contributed by atoms with E-state index in [0.29, 0.717) is 0 Å². The number of fused-ring (bicyclic) bond motifs is 1. The zero-order valence-corrected chi connectivity index (χ0v) is 15.1. The Morgan fingerprint density at radius 3 is 2.52 bits per heavy atom. The molecule has 27 heavy (non-hydrogen) atoms. The van der Waals surface area contributed by atoms with E-state index >= 15 is 0 Å². The summed E-state index contributed by atoms with van der Waals surface area (Å²) < 4.78 is 16.7. The molecule has 12 heteroatoms. The minimum atomic E-state index is -1.15. The van der Waals surface area contributed by atoms with Crippen molar-refractivity contribution in [3.8, 4) is 0 Å². The molecular formula is C15H19N5O7. The Balaban J connectivity index is 2.55. The lowest BCUT2D eigenvalue weighted by molar-refractivity contribution is -0.184. The Bertz CT molecular complexity index is 919. The van der Waals surface area contributed by atoms with Gasteiger partial charge in [-0.05, 0) is 0 Å². The van der Waals surface area contributed by atoms with Gasteiger partial charge < -0.3 is 18.8 Å². The van der Waals surface area contributed by atoms with Gasteiger partial charge in [0.15, 0.2) is 11.2 Å². The molecule has 1 amide bonds. The van der Waals surface area contributed by atoms with Crippen LogP contribution in [0.2, 0.25) is 0 Å². The second-order valence-electron chi connectivity index (χ2n) is 5.50. The number of rotatable bonds is 7. The molecule has 0 radical (unpaired) electrons. The van der Waals surface area contributed by atoms with Crippen LogP contribution in [-0.2, 0) is 28.6 Å². The number of aromatic amines is 1. The Kier molecular flexibility index (Phi) is 6.23. The molecule has 0 spiro atoms. The van der Waals surface area contributed by atoms with E-state index in [2.05, 4.69) is 20.3 Å².